The Kier molecular flexibility index (Phi) is 4.72. The zero-order chi connectivity index (χ0) is 10.5. The summed E-state index contributed by atoms with van der Waals surface area (Å²) in [5.41, 5.74) is 0. The molecule has 0 bridgehead atoms. The summed E-state index contributed by atoms with van der Waals surface area (Å²) in [7, 11) is 0. The lowest BCUT2D eigenvalue weighted by atomic mass is 10.2. The van der Waals surface area contributed by atoms with Gasteiger partial charge in [-0.15, -0.1) is 0 Å². The molecule has 1 nitrogen and oxygen atoms in total. The summed E-state index contributed by atoms with van der Waals surface area (Å²) in [6.07, 6.45) is -10.4. The Morgan fingerprint density at radius 3 is 2.15 bits per heavy atom. The number of rotatable bonds is 5. The van der Waals surface area contributed by atoms with Gasteiger partial charge in [0.05, 0.1) is 12.7 Å². The van der Waals surface area contributed by atoms with Crippen LogP contribution in [-0.2, 0) is 4.74 Å². The average Bonchev–Trinajstić information content (AvgIpc) is 1.81. The van der Waals surface area contributed by atoms with Crippen LogP contribution in [0.3, 0.4) is 0 Å². The molecule has 0 aromatic rings. The number of alkyl halides is 5. The lowest BCUT2D eigenvalue weighted by Crippen LogP contribution is -2.23. The van der Waals surface area contributed by atoms with Crippen molar-refractivity contribution in [2.45, 2.75) is 31.5 Å². The van der Waals surface area contributed by atoms with E-state index in [1.807, 2.05) is 0 Å². The van der Waals surface area contributed by atoms with Crippen molar-refractivity contribution < 1.29 is 26.7 Å². The van der Waals surface area contributed by atoms with Crippen molar-refractivity contribution in [1.29, 1.82) is 0 Å². The van der Waals surface area contributed by atoms with Crippen molar-refractivity contribution in [3.63, 3.8) is 0 Å². The molecule has 0 aliphatic rings. The number of ether oxygens (including phenoxy) is 1. The first kappa shape index (κ1) is 12.2. The molecule has 0 radical (unpaired) electrons. The van der Waals surface area contributed by atoms with Gasteiger partial charge in [-0.1, -0.05) is 6.58 Å². The molecule has 0 aromatic heterocycles. The van der Waals surface area contributed by atoms with Gasteiger partial charge in [-0.05, 0) is 0 Å². The highest BCUT2D eigenvalue weighted by Crippen LogP contribution is 2.25. The first-order chi connectivity index (χ1) is 5.85. The van der Waals surface area contributed by atoms with E-state index in [0.717, 1.165) is 6.26 Å². The molecule has 0 saturated heterocycles. The Bertz CT molecular complexity index is 153. The van der Waals surface area contributed by atoms with Gasteiger partial charge in [0.1, 0.15) is 6.10 Å². The van der Waals surface area contributed by atoms with Crippen LogP contribution in [0, 0.1) is 0 Å². The van der Waals surface area contributed by atoms with Crippen LogP contribution in [0.1, 0.15) is 12.8 Å². The maximum atomic E-state index is 11.7. The molecule has 0 rings (SSSR count). The van der Waals surface area contributed by atoms with E-state index in [9.17, 15) is 22.0 Å². The van der Waals surface area contributed by atoms with Gasteiger partial charge in [0.15, 0.2) is 0 Å². The maximum absolute atomic E-state index is 11.7. The van der Waals surface area contributed by atoms with Crippen molar-refractivity contribution >= 4 is 0 Å². The van der Waals surface area contributed by atoms with Crippen molar-refractivity contribution in [3.05, 3.63) is 12.8 Å². The van der Waals surface area contributed by atoms with Crippen LogP contribution in [0.5, 0.6) is 0 Å². The minimum atomic E-state index is -4.50. The summed E-state index contributed by atoms with van der Waals surface area (Å²) in [5, 5.41) is 0. The molecule has 0 spiro atoms. The van der Waals surface area contributed by atoms with Gasteiger partial charge in [0, 0.05) is 6.42 Å². The lowest BCUT2D eigenvalue weighted by molar-refractivity contribution is -0.157. The molecule has 0 aromatic carbocycles. The third-order valence-electron chi connectivity index (χ3n) is 1.19. The molecule has 0 aliphatic heterocycles. The Balaban J connectivity index is 4.01. The molecule has 0 N–H and O–H groups in total. The lowest BCUT2D eigenvalue weighted by Gasteiger charge is -2.17. The van der Waals surface area contributed by atoms with Gasteiger partial charge in [-0.2, -0.15) is 13.2 Å². The first-order valence-electron chi connectivity index (χ1n) is 3.46. The van der Waals surface area contributed by atoms with Crippen molar-refractivity contribution in [2.24, 2.45) is 0 Å². The Morgan fingerprint density at radius 1 is 1.31 bits per heavy atom. The molecule has 0 fully saturated rings. The van der Waals surface area contributed by atoms with E-state index < -0.39 is 31.5 Å². The van der Waals surface area contributed by atoms with Crippen LogP contribution in [0.25, 0.3) is 0 Å². The van der Waals surface area contributed by atoms with E-state index in [-0.39, 0.29) is 0 Å². The molecule has 13 heavy (non-hydrogen) atoms. The van der Waals surface area contributed by atoms with Gasteiger partial charge >= 0.3 is 6.18 Å². The highest BCUT2D eigenvalue weighted by molar-refractivity contribution is 4.68. The van der Waals surface area contributed by atoms with E-state index in [1.54, 1.807) is 0 Å². The van der Waals surface area contributed by atoms with E-state index in [0.29, 0.717) is 0 Å². The summed E-state index contributed by atoms with van der Waals surface area (Å²) < 4.78 is 62.9. The monoisotopic (exact) mass is 204 g/mol. The van der Waals surface area contributed by atoms with Crippen molar-refractivity contribution in [1.82, 2.24) is 0 Å². The van der Waals surface area contributed by atoms with Crippen LogP contribution in [0.2, 0.25) is 0 Å². The largest absolute Gasteiger partial charge is 0.498 e. The van der Waals surface area contributed by atoms with Gasteiger partial charge in [-0.3, -0.25) is 0 Å². The smallest absolute Gasteiger partial charge is 0.392 e. The van der Waals surface area contributed by atoms with E-state index in [2.05, 4.69) is 11.3 Å². The maximum Gasteiger partial charge on any atom is 0.392 e. The summed E-state index contributed by atoms with van der Waals surface area (Å²) in [6, 6.07) is 0. The second-order valence-electron chi connectivity index (χ2n) is 2.37. The molecular formula is C7H9F5O. The van der Waals surface area contributed by atoms with Crippen molar-refractivity contribution in [3.8, 4) is 0 Å². The van der Waals surface area contributed by atoms with Crippen LogP contribution in [-0.4, -0.2) is 18.7 Å². The summed E-state index contributed by atoms with van der Waals surface area (Å²) >= 11 is 0. The minimum Gasteiger partial charge on any atom is -0.498 e. The first-order valence-corrected chi connectivity index (χ1v) is 3.46. The summed E-state index contributed by atoms with van der Waals surface area (Å²) in [4.78, 5) is 0. The SMILES string of the molecule is C=COC(CC(F)F)CC(F)(F)F. The number of hydrogen-bond donors (Lipinski definition) is 0. The summed E-state index contributed by atoms with van der Waals surface area (Å²) in [6.45, 7) is 3.00. The fourth-order valence-corrected chi connectivity index (χ4v) is 0.780. The number of halogens is 5. The van der Waals surface area contributed by atoms with Gasteiger partial charge < -0.3 is 4.74 Å². The second-order valence-corrected chi connectivity index (χ2v) is 2.37. The molecule has 0 saturated carbocycles. The van der Waals surface area contributed by atoms with E-state index in [4.69, 9.17) is 0 Å². The molecule has 0 amide bonds. The highest BCUT2D eigenvalue weighted by Gasteiger charge is 2.33. The Morgan fingerprint density at radius 2 is 1.85 bits per heavy atom. The summed E-state index contributed by atoms with van der Waals surface area (Å²) in [5.74, 6) is 0. The fraction of sp³-hybridized carbons (Fsp3) is 0.714. The van der Waals surface area contributed by atoms with Gasteiger partial charge in [0.25, 0.3) is 0 Å². The molecule has 6 heteroatoms. The fourth-order valence-electron chi connectivity index (χ4n) is 0.780. The molecule has 1 unspecified atom stereocenters. The van der Waals surface area contributed by atoms with Crippen LogP contribution < -0.4 is 0 Å². The second kappa shape index (κ2) is 5.04. The third kappa shape index (κ3) is 7.55. The standard InChI is InChI=1S/C7H9F5O/c1-2-13-5(3-6(8)9)4-7(10,11)12/h2,5-6H,1,3-4H2. The highest BCUT2D eigenvalue weighted by atomic mass is 19.4. The minimum absolute atomic E-state index is 0.735. The molecule has 1 atom stereocenters. The van der Waals surface area contributed by atoms with E-state index >= 15 is 0 Å². The quantitative estimate of drug-likeness (QED) is 0.493. The zero-order valence-electron chi connectivity index (χ0n) is 6.65. The predicted molar refractivity (Wildman–Crippen MR) is 36.4 cm³/mol. The van der Waals surface area contributed by atoms with Crippen LogP contribution in [0.4, 0.5) is 22.0 Å². The third-order valence-corrected chi connectivity index (χ3v) is 1.19. The zero-order valence-corrected chi connectivity index (χ0v) is 6.65. The molecular weight excluding hydrogens is 195 g/mol. The molecule has 78 valence electrons. The normalized spacial score (nSPS) is 14.3. The number of hydrogen-bond acceptors (Lipinski definition) is 1. The topological polar surface area (TPSA) is 9.23 Å². The van der Waals surface area contributed by atoms with E-state index in [1.165, 1.54) is 0 Å². The van der Waals surface area contributed by atoms with Crippen molar-refractivity contribution in [2.75, 3.05) is 0 Å². The van der Waals surface area contributed by atoms with Gasteiger partial charge in [-0.25, -0.2) is 8.78 Å². The van der Waals surface area contributed by atoms with Crippen LogP contribution >= 0.6 is 0 Å². The molecule has 0 aliphatic carbocycles. The Labute approximate surface area is 72.2 Å². The van der Waals surface area contributed by atoms with Crippen LogP contribution in [0.15, 0.2) is 12.8 Å². The molecule has 0 heterocycles. The van der Waals surface area contributed by atoms with Gasteiger partial charge in [0.2, 0.25) is 6.43 Å². The average molecular weight is 204 g/mol. The Hall–Kier alpha value is -0.810. The predicted octanol–water partition coefficient (Wildman–Crippen LogP) is 3.12.